The van der Waals surface area contributed by atoms with Crippen LogP contribution in [-0.4, -0.2) is 30.0 Å². The fraction of sp³-hybridized carbons (Fsp3) is 0.400. The van der Waals surface area contributed by atoms with Gasteiger partial charge in [0.2, 0.25) is 0 Å². The molecule has 15 heavy (non-hydrogen) atoms. The van der Waals surface area contributed by atoms with E-state index in [4.69, 9.17) is 4.74 Å². The molecule has 0 fully saturated rings. The Labute approximate surface area is 87.4 Å². The Hall–Kier alpha value is -1.62. The van der Waals surface area contributed by atoms with E-state index in [1.807, 2.05) is 7.05 Å². The first-order valence-electron chi connectivity index (χ1n) is 4.75. The van der Waals surface area contributed by atoms with Gasteiger partial charge in [-0.05, 0) is 13.1 Å². The van der Waals surface area contributed by atoms with Crippen molar-refractivity contribution in [3.8, 4) is 5.75 Å². The Kier molecular flexibility index (Phi) is 2.55. The summed E-state index contributed by atoms with van der Waals surface area (Å²) in [5.41, 5.74) is 0.997. The minimum Gasteiger partial charge on any atom is -0.492 e. The average molecular weight is 208 g/mol. The molecular formula is C10H12N2O3. The molecule has 5 heteroatoms. The van der Waals surface area contributed by atoms with Crippen LogP contribution in [0.4, 0.5) is 5.69 Å². The van der Waals surface area contributed by atoms with Crippen LogP contribution in [0.25, 0.3) is 0 Å². The Morgan fingerprint density at radius 2 is 2.33 bits per heavy atom. The highest BCUT2D eigenvalue weighted by Crippen LogP contribution is 2.26. The Bertz CT molecular complexity index is 392. The third-order valence-electron chi connectivity index (χ3n) is 2.43. The first-order valence-corrected chi connectivity index (χ1v) is 4.75. The predicted molar refractivity (Wildman–Crippen MR) is 54.9 cm³/mol. The van der Waals surface area contributed by atoms with E-state index in [0.717, 1.165) is 17.9 Å². The van der Waals surface area contributed by atoms with Crippen molar-refractivity contribution >= 4 is 5.69 Å². The van der Waals surface area contributed by atoms with Crippen LogP contribution in [0.5, 0.6) is 5.75 Å². The lowest BCUT2D eigenvalue weighted by Gasteiger charge is -2.10. The first kappa shape index (κ1) is 9.92. The molecule has 0 radical (unpaired) electrons. The van der Waals surface area contributed by atoms with Crippen LogP contribution in [0.2, 0.25) is 0 Å². The number of hydrogen-bond acceptors (Lipinski definition) is 4. The van der Waals surface area contributed by atoms with E-state index >= 15 is 0 Å². The highest BCUT2D eigenvalue weighted by atomic mass is 16.6. The molecule has 0 spiro atoms. The van der Waals surface area contributed by atoms with E-state index in [1.165, 1.54) is 6.07 Å². The van der Waals surface area contributed by atoms with Gasteiger partial charge in [-0.1, -0.05) is 0 Å². The number of nitro groups is 1. The number of ether oxygens (including phenoxy) is 1. The zero-order valence-corrected chi connectivity index (χ0v) is 8.47. The van der Waals surface area contributed by atoms with Crippen molar-refractivity contribution in [3.63, 3.8) is 0 Å². The van der Waals surface area contributed by atoms with Gasteiger partial charge in [0.1, 0.15) is 12.4 Å². The molecule has 5 nitrogen and oxygen atoms in total. The lowest BCUT2D eigenvalue weighted by Crippen LogP contribution is -2.20. The van der Waals surface area contributed by atoms with Gasteiger partial charge in [-0.2, -0.15) is 0 Å². The van der Waals surface area contributed by atoms with Gasteiger partial charge in [0.25, 0.3) is 5.69 Å². The Balaban J connectivity index is 2.37. The Morgan fingerprint density at radius 1 is 1.53 bits per heavy atom. The standard InChI is InChI=1S/C10H12N2O3/c1-11-4-5-15-10-3-2-9(12(13)14)6-8(10)7-11/h2-3,6H,4-5,7H2,1H3. The SMILES string of the molecule is CN1CCOc2ccc([N+](=O)[O-])cc2C1. The quantitative estimate of drug-likeness (QED) is 0.517. The molecule has 0 unspecified atom stereocenters. The number of nitro benzene ring substituents is 1. The molecule has 2 rings (SSSR count). The van der Waals surface area contributed by atoms with Crippen molar-refractivity contribution in [1.82, 2.24) is 4.90 Å². The first-order chi connectivity index (χ1) is 7.16. The topological polar surface area (TPSA) is 55.6 Å². The molecule has 1 aromatic carbocycles. The third-order valence-corrected chi connectivity index (χ3v) is 2.43. The fourth-order valence-corrected chi connectivity index (χ4v) is 1.63. The van der Waals surface area contributed by atoms with Gasteiger partial charge in [0.15, 0.2) is 0 Å². The van der Waals surface area contributed by atoms with E-state index in [0.29, 0.717) is 13.2 Å². The summed E-state index contributed by atoms with van der Waals surface area (Å²) < 4.78 is 5.49. The highest BCUT2D eigenvalue weighted by Gasteiger charge is 2.16. The van der Waals surface area contributed by atoms with E-state index in [9.17, 15) is 10.1 Å². The molecule has 1 aromatic rings. The van der Waals surface area contributed by atoms with Crippen LogP contribution in [0, 0.1) is 10.1 Å². The monoisotopic (exact) mass is 208 g/mol. The summed E-state index contributed by atoms with van der Waals surface area (Å²) in [6, 6.07) is 4.73. The molecule has 1 aliphatic heterocycles. The van der Waals surface area contributed by atoms with E-state index in [1.54, 1.807) is 12.1 Å². The molecular weight excluding hydrogens is 196 g/mol. The second-order valence-corrected chi connectivity index (χ2v) is 3.64. The summed E-state index contributed by atoms with van der Waals surface area (Å²) >= 11 is 0. The smallest absolute Gasteiger partial charge is 0.270 e. The van der Waals surface area contributed by atoms with Crippen molar-refractivity contribution in [2.45, 2.75) is 6.54 Å². The maximum atomic E-state index is 10.6. The summed E-state index contributed by atoms with van der Waals surface area (Å²) in [5, 5.41) is 10.6. The summed E-state index contributed by atoms with van der Waals surface area (Å²) in [5.74, 6) is 0.755. The van der Waals surface area contributed by atoms with Gasteiger partial charge in [-0.15, -0.1) is 0 Å². The number of fused-ring (bicyclic) bond motifs is 1. The van der Waals surface area contributed by atoms with E-state index in [-0.39, 0.29) is 10.6 Å². The molecule has 0 saturated heterocycles. The molecule has 0 aromatic heterocycles. The van der Waals surface area contributed by atoms with Crippen molar-refractivity contribution in [3.05, 3.63) is 33.9 Å². The highest BCUT2D eigenvalue weighted by molar-refractivity contribution is 5.44. The molecule has 0 bridgehead atoms. The van der Waals surface area contributed by atoms with E-state index < -0.39 is 0 Å². The number of non-ortho nitro benzene ring substituents is 1. The van der Waals surface area contributed by atoms with Gasteiger partial charge in [-0.25, -0.2) is 0 Å². The minimum absolute atomic E-state index is 0.118. The third kappa shape index (κ3) is 2.07. The van der Waals surface area contributed by atoms with Gasteiger partial charge in [0, 0.05) is 30.8 Å². The van der Waals surface area contributed by atoms with Crippen molar-refractivity contribution < 1.29 is 9.66 Å². The molecule has 1 aliphatic rings. The fourth-order valence-electron chi connectivity index (χ4n) is 1.63. The molecule has 0 atom stereocenters. The van der Waals surface area contributed by atoms with Crippen LogP contribution in [0.1, 0.15) is 5.56 Å². The van der Waals surface area contributed by atoms with Gasteiger partial charge >= 0.3 is 0 Å². The lowest BCUT2D eigenvalue weighted by molar-refractivity contribution is -0.384. The maximum absolute atomic E-state index is 10.6. The van der Waals surface area contributed by atoms with Crippen molar-refractivity contribution in [2.75, 3.05) is 20.2 Å². The lowest BCUT2D eigenvalue weighted by atomic mass is 10.1. The number of likely N-dealkylation sites (N-methyl/N-ethyl adjacent to an activating group) is 1. The van der Waals surface area contributed by atoms with Crippen LogP contribution < -0.4 is 4.74 Å². The number of benzene rings is 1. The van der Waals surface area contributed by atoms with Crippen LogP contribution >= 0.6 is 0 Å². The summed E-state index contributed by atoms with van der Waals surface area (Å²) in [6.07, 6.45) is 0. The molecule has 0 N–H and O–H groups in total. The molecule has 0 amide bonds. The maximum Gasteiger partial charge on any atom is 0.270 e. The number of rotatable bonds is 1. The predicted octanol–water partition coefficient (Wildman–Crippen LogP) is 1.42. The zero-order valence-electron chi connectivity index (χ0n) is 8.47. The second kappa shape index (κ2) is 3.86. The van der Waals surface area contributed by atoms with Gasteiger partial charge in [-0.3, -0.25) is 15.0 Å². The molecule has 80 valence electrons. The summed E-state index contributed by atoms with van der Waals surface area (Å²) in [7, 11) is 1.97. The normalized spacial score (nSPS) is 16.3. The summed E-state index contributed by atoms with van der Waals surface area (Å²) in [6.45, 7) is 2.15. The number of hydrogen-bond donors (Lipinski definition) is 0. The average Bonchev–Trinajstić information content (AvgIpc) is 2.37. The largest absolute Gasteiger partial charge is 0.492 e. The second-order valence-electron chi connectivity index (χ2n) is 3.64. The Morgan fingerprint density at radius 3 is 3.07 bits per heavy atom. The summed E-state index contributed by atoms with van der Waals surface area (Å²) in [4.78, 5) is 12.3. The zero-order chi connectivity index (χ0) is 10.8. The van der Waals surface area contributed by atoms with Crippen molar-refractivity contribution in [1.29, 1.82) is 0 Å². The molecule has 1 heterocycles. The molecule has 0 aliphatic carbocycles. The van der Waals surface area contributed by atoms with Crippen LogP contribution in [-0.2, 0) is 6.54 Å². The van der Waals surface area contributed by atoms with Crippen LogP contribution in [0.3, 0.4) is 0 Å². The van der Waals surface area contributed by atoms with Gasteiger partial charge in [0.05, 0.1) is 4.92 Å². The molecule has 0 saturated carbocycles. The van der Waals surface area contributed by atoms with Gasteiger partial charge < -0.3 is 4.74 Å². The van der Waals surface area contributed by atoms with Crippen molar-refractivity contribution in [2.24, 2.45) is 0 Å². The van der Waals surface area contributed by atoms with Crippen LogP contribution in [0.15, 0.2) is 18.2 Å². The minimum atomic E-state index is -0.384. The number of nitrogens with zero attached hydrogens (tertiary/aromatic N) is 2. The van der Waals surface area contributed by atoms with E-state index in [2.05, 4.69) is 4.90 Å².